The molecule has 1 saturated carbocycles. The topological polar surface area (TPSA) is 68.4 Å². The van der Waals surface area contributed by atoms with E-state index in [0.29, 0.717) is 11.7 Å². The second-order valence-electron chi connectivity index (χ2n) is 5.26. The summed E-state index contributed by atoms with van der Waals surface area (Å²) in [5.74, 6) is 1.78. The smallest absolute Gasteiger partial charge is 0.232 e. The van der Waals surface area contributed by atoms with Crippen LogP contribution in [-0.2, 0) is 0 Å². The Bertz CT molecular complexity index is 629. The standard InChI is InChI=1S/C15H17BrN2O3/c1-20-13-7-6-9(8-11(13)16)14-17-15(21-18-14)10-4-2-3-5-12(10)19/h6-8,10,12,19H,2-5H2,1H3. The molecule has 2 atom stereocenters. The van der Waals surface area contributed by atoms with Crippen molar-refractivity contribution in [1.29, 1.82) is 0 Å². The van der Waals surface area contributed by atoms with Gasteiger partial charge in [-0.15, -0.1) is 0 Å². The monoisotopic (exact) mass is 352 g/mol. The predicted octanol–water partition coefficient (Wildman–Crippen LogP) is 3.53. The molecule has 1 fully saturated rings. The van der Waals surface area contributed by atoms with E-state index in [1.54, 1.807) is 7.11 Å². The number of ether oxygens (including phenoxy) is 1. The highest BCUT2D eigenvalue weighted by Gasteiger charge is 2.29. The molecule has 0 bridgehead atoms. The summed E-state index contributed by atoms with van der Waals surface area (Å²) in [5.41, 5.74) is 0.850. The van der Waals surface area contributed by atoms with Gasteiger partial charge in [0.05, 0.1) is 23.6 Å². The van der Waals surface area contributed by atoms with Crippen LogP contribution in [0.25, 0.3) is 11.4 Å². The molecule has 1 heterocycles. The zero-order chi connectivity index (χ0) is 14.8. The highest BCUT2D eigenvalue weighted by molar-refractivity contribution is 9.10. The molecule has 1 aromatic heterocycles. The van der Waals surface area contributed by atoms with E-state index in [4.69, 9.17) is 9.26 Å². The van der Waals surface area contributed by atoms with Gasteiger partial charge < -0.3 is 14.4 Å². The number of rotatable bonds is 3. The summed E-state index contributed by atoms with van der Waals surface area (Å²) in [6, 6.07) is 5.63. The average molecular weight is 353 g/mol. The summed E-state index contributed by atoms with van der Waals surface area (Å²) in [6.45, 7) is 0. The van der Waals surface area contributed by atoms with Crippen molar-refractivity contribution in [3.05, 3.63) is 28.6 Å². The number of methoxy groups -OCH3 is 1. The van der Waals surface area contributed by atoms with E-state index in [2.05, 4.69) is 26.1 Å². The minimum atomic E-state index is -0.380. The van der Waals surface area contributed by atoms with Crippen LogP contribution in [0, 0.1) is 0 Å². The molecule has 21 heavy (non-hydrogen) atoms. The Morgan fingerprint density at radius 3 is 2.86 bits per heavy atom. The lowest BCUT2D eigenvalue weighted by molar-refractivity contribution is 0.0908. The van der Waals surface area contributed by atoms with Gasteiger partial charge in [-0.3, -0.25) is 0 Å². The maximum atomic E-state index is 10.1. The van der Waals surface area contributed by atoms with E-state index < -0.39 is 0 Å². The SMILES string of the molecule is COc1ccc(-c2noc(C3CCCCC3O)n2)cc1Br. The van der Waals surface area contributed by atoms with Crippen molar-refractivity contribution in [1.82, 2.24) is 10.1 Å². The lowest BCUT2D eigenvalue weighted by Crippen LogP contribution is -2.22. The van der Waals surface area contributed by atoms with Crippen molar-refractivity contribution in [2.24, 2.45) is 0 Å². The second kappa shape index (κ2) is 6.15. The van der Waals surface area contributed by atoms with E-state index in [0.717, 1.165) is 41.5 Å². The number of nitrogens with zero attached hydrogens (tertiary/aromatic N) is 2. The van der Waals surface area contributed by atoms with Gasteiger partial charge in [-0.1, -0.05) is 18.0 Å². The third-order valence-electron chi connectivity index (χ3n) is 3.90. The second-order valence-corrected chi connectivity index (χ2v) is 6.12. The van der Waals surface area contributed by atoms with Crippen molar-refractivity contribution in [2.45, 2.75) is 37.7 Å². The number of aromatic nitrogens is 2. The molecule has 0 amide bonds. The Hall–Kier alpha value is -1.40. The first kappa shape index (κ1) is 14.5. The molecule has 3 rings (SSSR count). The molecule has 1 aromatic carbocycles. The van der Waals surface area contributed by atoms with Gasteiger partial charge in [0, 0.05) is 5.56 Å². The van der Waals surface area contributed by atoms with Crippen molar-refractivity contribution >= 4 is 15.9 Å². The van der Waals surface area contributed by atoms with Gasteiger partial charge in [0.1, 0.15) is 5.75 Å². The number of hydrogen-bond donors (Lipinski definition) is 1. The zero-order valence-corrected chi connectivity index (χ0v) is 13.3. The van der Waals surface area contributed by atoms with E-state index in [-0.39, 0.29) is 12.0 Å². The van der Waals surface area contributed by atoms with Gasteiger partial charge >= 0.3 is 0 Å². The first-order chi connectivity index (χ1) is 10.2. The quantitative estimate of drug-likeness (QED) is 0.914. The Labute approximate surface area is 131 Å². The molecule has 0 saturated heterocycles. The lowest BCUT2D eigenvalue weighted by Gasteiger charge is -2.24. The number of halogens is 1. The lowest BCUT2D eigenvalue weighted by atomic mass is 9.86. The number of aliphatic hydroxyl groups is 1. The Balaban J connectivity index is 1.86. The fraction of sp³-hybridized carbons (Fsp3) is 0.467. The summed E-state index contributed by atoms with van der Waals surface area (Å²) < 4.78 is 11.4. The van der Waals surface area contributed by atoms with Crippen LogP contribution in [0.5, 0.6) is 5.75 Å². The largest absolute Gasteiger partial charge is 0.496 e. The molecular weight excluding hydrogens is 336 g/mol. The zero-order valence-electron chi connectivity index (χ0n) is 11.8. The van der Waals surface area contributed by atoms with E-state index >= 15 is 0 Å². The van der Waals surface area contributed by atoms with Gasteiger partial charge in [0.2, 0.25) is 11.7 Å². The van der Waals surface area contributed by atoms with Gasteiger partial charge in [0.15, 0.2) is 0 Å². The number of aliphatic hydroxyl groups excluding tert-OH is 1. The molecule has 1 aliphatic rings. The highest BCUT2D eigenvalue weighted by Crippen LogP contribution is 2.34. The van der Waals surface area contributed by atoms with Crippen LogP contribution >= 0.6 is 15.9 Å². The minimum absolute atomic E-state index is 0.0401. The van der Waals surface area contributed by atoms with Crippen molar-refractivity contribution in [3.8, 4) is 17.1 Å². The normalized spacial score (nSPS) is 22.2. The summed E-state index contributed by atoms with van der Waals surface area (Å²) in [5, 5.41) is 14.1. The van der Waals surface area contributed by atoms with Crippen molar-refractivity contribution < 1.29 is 14.4 Å². The Morgan fingerprint density at radius 2 is 2.14 bits per heavy atom. The van der Waals surface area contributed by atoms with Crippen LogP contribution < -0.4 is 4.74 Å². The molecule has 2 aromatic rings. The van der Waals surface area contributed by atoms with Gasteiger partial charge in [0.25, 0.3) is 0 Å². The first-order valence-corrected chi connectivity index (χ1v) is 7.84. The van der Waals surface area contributed by atoms with Crippen molar-refractivity contribution in [3.63, 3.8) is 0 Å². The van der Waals surface area contributed by atoms with Crippen LogP contribution in [-0.4, -0.2) is 28.5 Å². The molecule has 0 spiro atoms. The third-order valence-corrected chi connectivity index (χ3v) is 4.52. The molecule has 112 valence electrons. The van der Waals surface area contributed by atoms with E-state index in [1.807, 2.05) is 18.2 Å². The fourth-order valence-corrected chi connectivity index (χ4v) is 3.25. The summed E-state index contributed by atoms with van der Waals surface area (Å²) in [7, 11) is 1.62. The molecule has 1 aliphatic carbocycles. The summed E-state index contributed by atoms with van der Waals surface area (Å²) in [4.78, 5) is 4.45. The van der Waals surface area contributed by atoms with E-state index in [1.165, 1.54) is 0 Å². The molecule has 2 unspecified atom stereocenters. The Morgan fingerprint density at radius 1 is 1.33 bits per heavy atom. The number of hydrogen-bond acceptors (Lipinski definition) is 5. The maximum Gasteiger partial charge on any atom is 0.232 e. The van der Waals surface area contributed by atoms with Crippen LogP contribution in [0.4, 0.5) is 0 Å². The average Bonchev–Trinajstić information content (AvgIpc) is 2.97. The number of benzene rings is 1. The molecule has 0 radical (unpaired) electrons. The Kier molecular flexibility index (Phi) is 4.26. The molecule has 0 aliphatic heterocycles. The predicted molar refractivity (Wildman–Crippen MR) is 81.2 cm³/mol. The van der Waals surface area contributed by atoms with Crippen LogP contribution in [0.3, 0.4) is 0 Å². The third kappa shape index (κ3) is 2.96. The van der Waals surface area contributed by atoms with Gasteiger partial charge in [-0.2, -0.15) is 4.98 Å². The van der Waals surface area contributed by atoms with E-state index in [9.17, 15) is 5.11 Å². The summed E-state index contributed by atoms with van der Waals surface area (Å²) in [6.07, 6.45) is 3.47. The van der Waals surface area contributed by atoms with Crippen LogP contribution in [0.1, 0.15) is 37.5 Å². The van der Waals surface area contributed by atoms with Gasteiger partial charge in [-0.05, 0) is 47.0 Å². The minimum Gasteiger partial charge on any atom is -0.496 e. The van der Waals surface area contributed by atoms with Crippen LogP contribution in [0.2, 0.25) is 0 Å². The first-order valence-electron chi connectivity index (χ1n) is 7.04. The molecule has 6 heteroatoms. The van der Waals surface area contributed by atoms with Crippen molar-refractivity contribution in [2.75, 3.05) is 7.11 Å². The van der Waals surface area contributed by atoms with Crippen LogP contribution in [0.15, 0.2) is 27.2 Å². The maximum absolute atomic E-state index is 10.1. The summed E-state index contributed by atoms with van der Waals surface area (Å²) >= 11 is 3.45. The van der Waals surface area contributed by atoms with Gasteiger partial charge in [-0.25, -0.2) is 0 Å². The molecule has 1 N–H and O–H groups in total. The molecular formula is C15H17BrN2O3. The highest BCUT2D eigenvalue weighted by atomic mass is 79.9. The molecule has 5 nitrogen and oxygen atoms in total. The fourth-order valence-electron chi connectivity index (χ4n) is 2.71.